The van der Waals surface area contributed by atoms with Crippen molar-refractivity contribution < 1.29 is 0 Å². The number of rotatable bonds is 22. The van der Waals surface area contributed by atoms with E-state index in [0.717, 1.165) is 0 Å². The largest absolute Gasteiger partial charge is 0.327 e. The summed E-state index contributed by atoms with van der Waals surface area (Å²) in [5.41, 5.74) is 6.32. The highest BCUT2D eigenvalue weighted by atomic mass is 79.9. The molecule has 0 amide bonds. The summed E-state index contributed by atoms with van der Waals surface area (Å²) in [4.78, 5) is 0. The zero-order chi connectivity index (χ0) is 20.0. The van der Waals surface area contributed by atoms with Gasteiger partial charge in [0.25, 0.3) is 0 Å². The van der Waals surface area contributed by atoms with Crippen LogP contribution in [0.25, 0.3) is 0 Å². The van der Waals surface area contributed by atoms with E-state index in [4.69, 9.17) is 5.73 Å². The molecule has 2 unspecified atom stereocenters. The summed E-state index contributed by atoms with van der Waals surface area (Å²) in [6.07, 6.45) is 29.8. The molecular weight excluding hydrogens is 406 g/mol. The van der Waals surface area contributed by atoms with Crippen molar-refractivity contribution in [3.05, 3.63) is 0 Å². The Labute approximate surface area is 190 Å². The van der Waals surface area contributed by atoms with E-state index in [0.29, 0.717) is 12.0 Å². The van der Waals surface area contributed by atoms with Gasteiger partial charge in [-0.25, -0.2) is 0 Å². The van der Waals surface area contributed by atoms with Gasteiger partial charge in [-0.05, 0) is 18.8 Å². The lowest BCUT2D eigenvalue weighted by Crippen LogP contribution is -2.28. The van der Waals surface area contributed by atoms with Crippen LogP contribution in [0.15, 0.2) is 0 Å². The molecule has 0 heterocycles. The van der Waals surface area contributed by atoms with Gasteiger partial charge in [0.15, 0.2) is 0 Å². The highest BCUT2D eigenvalue weighted by Crippen LogP contribution is 2.18. The predicted octanol–water partition coefficient (Wildman–Crippen LogP) is 9.76. The minimum atomic E-state index is 0. The van der Waals surface area contributed by atoms with Crippen molar-refractivity contribution in [1.29, 1.82) is 0 Å². The highest BCUT2D eigenvalue weighted by Gasteiger charge is 2.11. The maximum atomic E-state index is 6.32. The zero-order valence-corrected chi connectivity index (χ0v) is 21.7. The van der Waals surface area contributed by atoms with Crippen LogP contribution in [-0.2, 0) is 0 Å². The van der Waals surface area contributed by atoms with Gasteiger partial charge >= 0.3 is 0 Å². The first-order valence-corrected chi connectivity index (χ1v) is 13.0. The van der Waals surface area contributed by atoms with Crippen LogP contribution in [0.5, 0.6) is 0 Å². The number of hydrogen-bond donors (Lipinski definition) is 1. The van der Waals surface area contributed by atoms with Gasteiger partial charge in [-0.3, -0.25) is 0 Å². The van der Waals surface area contributed by atoms with Gasteiger partial charge in [-0.2, -0.15) is 0 Å². The average molecular weight is 463 g/mol. The molecule has 0 aliphatic heterocycles. The van der Waals surface area contributed by atoms with Gasteiger partial charge in [0.2, 0.25) is 0 Å². The lowest BCUT2D eigenvalue weighted by atomic mass is 9.92. The van der Waals surface area contributed by atoms with Gasteiger partial charge in [0.05, 0.1) is 0 Å². The number of nitrogens with two attached hydrogens (primary N) is 1. The molecular formula is C26H56BrN. The van der Waals surface area contributed by atoms with E-state index in [1.54, 1.807) is 0 Å². The van der Waals surface area contributed by atoms with Crippen LogP contribution in [0, 0.1) is 5.92 Å². The second kappa shape index (κ2) is 25.5. The van der Waals surface area contributed by atoms with Crippen molar-refractivity contribution in [3.63, 3.8) is 0 Å². The molecule has 0 saturated heterocycles. The van der Waals surface area contributed by atoms with E-state index in [2.05, 4.69) is 20.8 Å². The van der Waals surface area contributed by atoms with Crippen LogP contribution >= 0.6 is 17.0 Å². The second-order valence-corrected chi connectivity index (χ2v) is 9.23. The van der Waals surface area contributed by atoms with Gasteiger partial charge in [-0.1, -0.05) is 143 Å². The SMILES string of the molecule is Br.CCCCCCCCCCCCCCCCCCC(C)C(N)CCCCC. The molecule has 28 heavy (non-hydrogen) atoms. The fourth-order valence-corrected chi connectivity index (χ4v) is 4.14. The lowest BCUT2D eigenvalue weighted by Gasteiger charge is -2.19. The maximum Gasteiger partial charge on any atom is 0.00645 e. The molecule has 0 spiro atoms. The summed E-state index contributed by atoms with van der Waals surface area (Å²) >= 11 is 0. The number of unbranched alkanes of at least 4 members (excludes halogenated alkanes) is 17. The van der Waals surface area contributed by atoms with Crippen LogP contribution in [0.3, 0.4) is 0 Å². The van der Waals surface area contributed by atoms with Crippen molar-refractivity contribution in [2.45, 2.75) is 162 Å². The van der Waals surface area contributed by atoms with E-state index in [1.807, 2.05) is 0 Å². The van der Waals surface area contributed by atoms with Gasteiger partial charge in [0.1, 0.15) is 0 Å². The van der Waals surface area contributed by atoms with E-state index in [1.165, 1.54) is 135 Å². The predicted molar refractivity (Wildman–Crippen MR) is 136 cm³/mol. The summed E-state index contributed by atoms with van der Waals surface area (Å²) < 4.78 is 0. The molecule has 2 N–H and O–H groups in total. The van der Waals surface area contributed by atoms with Crippen LogP contribution in [0.2, 0.25) is 0 Å². The quantitative estimate of drug-likeness (QED) is 0.159. The minimum Gasteiger partial charge on any atom is -0.327 e. The third-order valence-electron chi connectivity index (χ3n) is 6.38. The topological polar surface area (TPSA) is 26.0 Å². The summed E-state index contributed by atoms with van der Waals surface area (Å²) in [6, 6.07) is 0.438. The average Bonchev–Trinajstić information content (AvgIpc) is 2.67. The van der Waals surface area contributed by atoms with Crippen molar-refractivity contribution >= 4 is 17.0 Å². The lowest BCUT2D eigenvalue weighted by molar-refractivity contribution is 0.378. The molecule has 2 heteroatoms. The van der Waals surface area contributed by atoms with Crippen LogP contribution < -0.4 is 5.73 Å². The Morgan fingerprint density at radius 3 is 1.14 bits per heavy atom. The Balaban J connectivity index is 0. The van der Waals surface area contributed by atoms with Crippen molar-refractivity contribution in [2.75, 3.05) is 0 Å². The first-order chi connectivity index (χ1) is 13.2. The van der Waals surface area contributed by atoms with Crippen molar-refractivity contribution in [3.8, 4) is 0 Å². The number of hydrogen-bond acceptors (Lipinski definition) is 1. The third kappa shape index (κ3) is 22.7. The molecule has 0 aromatic rings. The second-order valence-electron chi connectivity index (χ2n) is 9.23. The molecule has 0 aliphatic rings. The van der Waals surface area contributed by atoms with E-state index in [-0.39, 0.29) is 17.0 Å². The first kappa shape index (κ1) is 30.6. The van der Waals surface area contributed by atoms with Crippen molar-refractivity contribution in [1.82, 2.24) is 0 Å². The molecule has 0 aliphatic carbocycles. The Kier molecular flexibility index (Phi) is 27.9. The molecule has 0 aromatic carbocycles. The molecule has 0 bridgehead atoms. The van der Waals surface area contributed by atoms with E-state index >= 15 is 0 Å². The fraction of sp³-hybridized carbons (Fsp3) is 1.00. The smallest absolute Gasteiger partial charge is 0.00645 e. The standard InChI is InChI=1S/C26H55N.BrH/c1-4-6-8-9-10-11-12-13-14-15-16-17-18-19-20-22-23-25(3)26(27)24-21-7-5-2;/h25-26H,4-24,27H2,1-3H3;1H. The normalized spacial score (nSPS) is 13.3. The van der Waals surface area contributed by atoms with Crippen LogP contribution in [0.4, 0.5) is 0 Å². The Morgan fingerprint density at radius 1 is 0.464 bits per heavy atom. The molecule has 1 nitrogen and oxygen atoms in total. The zero-order valence-electron chi connectivity index (χ0n) is 20.0. The molecule has 0 fully saturated rings. The molecule has 172 valence electrons. The summed E-state index contributed by atoms with van der Waals surface area (Å²) in [5.74, 6) is 0.716. The van der Waals surface area contributed by atoms with Crippen LogP contribution in [-0.4, -0.2) is 6.04 Å². The summed E-state index contributed by atoms with van der Waals surface area (Å²) in [5, 5.41) is 0. The minimum absolute atomic E-state index is 0. The highest BCUT2D eigenvalue weighted by molar-refractivity contribution is 8.93. The van der Waals surface area contributed by atoms with E-state index in [9.17, 15) is 0 Å². The molecule has 2 atom stereocenters. The third-order valence-corrected chi connectivity index (χ3v) is 6.38. The molecule has 0 aromatic heterocycles. The maximum absolute atomic E-state index is 6.32. The van der Waals surface area contributed by atoms with E-state index < -0.39 is 0 Å². The van der Waals surface area contributed by atoms with Gasteiger partial charge in [0, 0.05) is 6.04 Å². The van der Waals surface area contributed by atoms with Crippen molar-refractivity contribution in [2.24, 2.45) is 11.7 Å². The fourth-order valence-electron chi connectivity index (χ4n) is 4.14. The number of halogens is 1. The van der Waals surface area contributed by atoms with Crippen LogP contribution in [0.1, 0.15) is 156 Å². The summed E-state index contributed by atoms with van der Waals surface area (Å²) in [7, 11) is 0. The van der Waals surface area contributed by atoms with Gasteiger partial charge < -0.3 is 5.73 Å². The Bertz CT molecular complexity index is 269. The molecule has 0 radical (unpaired) electrons. The summed E-state index contributed by atoms with van der Waals surface area (Å²) in [6.45, 7) is 6.93. The Morgan fingerprint density at radius 2 is 0.750 bits per heavy atom. The molecule has 0 rings (SSSR count). The monoisotopic (exact) mass is 461 g/mol. The Hall–Kier alpha value is 0.440. The first-order valence-electron chi connectivity index (χ1n) is 13.0. The van der Waals surface area contributed by atoms with Gasteiger partial charge in [-0.15, -0.1) is 17.0 Å². The molecule has 0 saturated carbocycles.